The van der Waals surface area contributed by atoms with E-state index in [1.807, 2.05) is 12.1 Å². The summed E-state index contributed by atoms with van der Waals surface area (Å²) in [6.45, 7) is 7.52. The van der Waals surface area contributed by atoms with Gasteiger partial charge in [0.1, 0.15) is 0 Å². The third kappa shape index (κ3) is 5.29. The van der Waals surface area contributed by atoms with Crippen LogP contribution >= 0.6 is 0 Å². The van der Waals surface area contributed by atoms with Gasteiger partial charge in [0.15, 0.2) is 0 Å². The molecular weight excluding hydrogens is 730 g/mol. The van der Waals surface area contributed by atoms with Crippen molar-refractivity contribution in [2.75, 3.05) is 21.4 Å². The summed E-state index contributed by atoms with van der Waals surface area (Å²) in [5.74, 6) is 2.51. The molecule has 6 aromatic carbocycles. The monoisotopic (exact) mass is 769 g/mol. The Morgan fingerprint density at radius 2 is 1.24 bits per heavy atom. The zero-order valence-corrected chi connectivity index (χ0v) is 30.9. The Morgan fingerprint density at radius 1 is 0.600 bits per heavy atom. The SMILES string of the molecule is Cn1c(N2c3ccccc3[Te]c3ccc(Oc4cccc(N5CN(c6cccc(C(C)(C)C)c6)c6ccccc65)c4)cc32)nc2ccccc21. The molecule has 6 nitrogen and oxygen atoms in total. The molecule has 7 aromatic rings. The van der Waals surface area contributed by atoms with Crippen molar-refractivity contribution in [2.24, 2.45) is 7.05 Å². The van der Waals surface area contributed by atoms with Crippen LogP contribution in [0.25, 0.3) is 11.0 Å². The maximum atomic E-state index is 6.68. The van der Waals surface area contributed by atoms with Crippen LogP contribution in [0.2, 0.25) is 0 Å². The Hall–Kier alpha value is -5.22. The summed E-state index contributed by atoms with van der Waals surface area (Å²) in [5.41, 5.74) is 10.5. The van der Waals surface area contributed by atoms with E-state index in [-0.39, 0.29) is 5.41 Å². The molecule has 246 valence electrons. The van der Waals surface area contributed by atoms with Gasteiger partial charge in [0.2, 0.25) is 0 Å². The topological polar surface area (TPSA) is 36.8 Å². The number of aryl methyl sites for hydroxylation is 1. The zero-order chi connectivity index (χ0) is 34.0. The van der Waals surface area contributed by atoms with Gasteiger partial charge in [-0.25, -0.2) is 0 Å². The van der Waals surface area contributed by atoms with Gasteiger partial charge in [-0.1, -0.05) is 39.0 Å². The molecule has 0 atom stereocenters. The fourth-order valence-corrected chi connectivity index (χ4v) is 9.96. The van der Waals surface area contributed by atoms with E-state index < -0.39 is 20.9 Å². The Labute approximate surface area is 303 Å². The molecule has 50 heavy (non-hydrogen) atoms. The fourth-order valence-electron chi connectivity index (χ4n) is 6.99. The third-order valence-corrected chi connectivity index (χ3v) is 12.8. The first-order valence-corrected chi connectivity index (χ1v) is 19.3. The Balaban J connectivity index is 1.05. The molecule has 0 saturated carbocycles. The summed E-state index contributed by atoms with van der Waals surface area (Å²) >= 11 is -0.589. The average Bonchev–Trinajstić information content (AvgIpc) is 3.68. The minimum absolute atomic E-state index is 0.0746. The van der Waals surface area contributed by atoms with Crippen LogP contribution in [0.3, 0.4) is 0 Å². The second-order valence-electron chi connectivity index (χ2n) is 13.9. The van der Waals surface area contributed by atoms with Crippen LogP contribution in [0.1, 0.15) is 26.3 Å². The predicted molar refractivity (Wildman–Crippen MR) is 208 cm³/mol. The van der Waals surface area contributed by atoms with Crippen LogP contribution in [0.4, 0.5) is 40.1 Å². The van der Waals surface area contributed by atoms with Gasteiger partial charge in [-0.05, 0) is 23.1 Å². The van der Waals surface area contributed by atoms with E-state index in [1.165, 1.54) is 35.5 Å². The first kappa shape index (κ1) is 30.8. The van der Waals surface area contributed by atoms with Crippen molar-refractivity contribution in [2.45, 2.75) is 26.2 Å². The number of anilines is 7. The van der Waals surface area contributed by atoms with Crippen LogP contribution in [0.5, 0.6) is 11.5 Å². The number of benzene rings is 6. The Morgan fingerprint density at radius 3 is 2.00 bits per heavy atom. The Bertz CT molecular complexity index is 2410. The van der Waals surface area contributed by atoms with Gasteiger partial charge in [-0.2, -0.15) is 0 Å². The summed E-state index contributed by atoms with van der Waals surface area (Å²) in [4.78, 5) is 12.2. The molecule has 2 aliphatic heterocycles. The zero-order valence-electron chi connectivity index (χ0n) is 28.5. The van der Waals surface area contributed by atoms with Crippen LogP contribution in [-0.4, -0.2) is 37.1 Å². The van der Waals surface area contributed by atoms with Gasteiger partial charge >= 0.3 is 243 Å². The summed E-state index contributed by atoms with van der Waals surface area (Å²) in [6, 6.07) is 49.7. The van der Waals surface area contributed by atoms with Crippen molar-refractivity contribution >= 4 is 79.3 Å². The summed E-state index contributed by atoms with van der Waals surface area (Å²) in [6.07, 6.45) is 0. The standard InChI is InChI=1S/C43H37N5OTe/c1-43(2,3)29-13-11-14-30(25-29)46-28-47(37-20-8-7-19-36(37)46)31-15-12-16-32(26-31)49-33-23-24-41-39(27-33)48(38-21-9-10-22-40(38)50-41)42-44-34-17-5-6-18-35(34)45(42)4/h5-27H,28H2,1-4H3. The molecule has 0 spiro atoms. The van der Waals surface area contributed by atoms with E-state index in [9.17, 15) is 0 Å². The number of ether oxygens (including phenoxy) is 1. The summed E-state index contributed by atoms with van der Waals surface area (Å²) in [5, 5.41) is 0. The first-order chi connectivity index (χ1) is 24.3. The van der Waals surface area contributed by atoms with Gasteiger partial charge < -0.3 is 0 Å². The second kappa shape index (κ2) is 12.0. The molecular formula is C43H37N5OTe. The molecule has 0 bridgehead atoms. The van der Waals surface area contributed by atoms with Gasteiger partial charge in [0, 0.05) is 0 Å². The van der Waals surface area contributed by atoms with E-state index in [2.05, 4.69) is 174 Å². The van der Waals surface area contributed by atoms with Crippen LogP contribution in [0.15, 0.2) is 140 Å². The first-order valence-electron chi connectivity index (χ1n) is 17.0. The molecule has 0 amide bonds. The number of nitrogens with zero attached hydrogens (tertiary/aromatic N) is 5. The van der Waals surface area contributed by atoms with Crippen molar-refractivity contribution in [1.82, 2.24) is 9.55 Å². The average molecular weight is 767 g/mol. The number of rotatable bonds is 5. The van der Waals surface area contributed by atoms with Crippen LogP contribution in [0, 0.1) is 0 Å². The number of hydrogen-bond donors (Lipinski definition) is 0. The molecule has 0 N–H and O–H groups in total. The molecule has 0 unspecified atom stereocenters. The second-order valence-corrected chi connectivity index (χ2v) is 17.0. The number of hydrogen-bond acceptors (Lipinski definition) is 5. The van der Waals surface area contributed by atoms with E-state index in [0.29, 0.717) is 6.67 Å². The Kier molecular flexibility index (Phi) is 7.38. The third-order valence-electron chi connectivity index (χ3n) is 9.60. The van der Waals surface area contributed by atoms with Crippen LogP contribution < -0.4 is 26.7 Å². The number of aromatic nitrogens is 2. The van der Waals surface area contributed by atoms with Crippen molar-refractivity contribution < 1.29 is 4.74 Å². The summed E-state index contributed by atoms with van der Waals surface area (Å²) < 4.78 is 11.6. The molecule has 9 rings (SSSR count). The van der Waals surface area contributed by atoms with E-state index in [4.69, 9.17) is 9.72 Å². The molecule has 1 aromatic heterocycles. The van der Waals surface area contributed by atoms with E-state index in [0.717, 1.165) is 39.9 Å². The molecule has 7 heteroatoms. The van der Waals surface area contributed by atoms with Crippen LogP contribution in [-0.2, 0) is 12.5 Å². The predicted octanol–water partition coefficient (Wildman–Crippen LogP) is 9.35. The van der Waals surface area contributed by atoms with Crippen molar-refractivity contribution in [3.05, 3.63) is 145 Å². The number of para-hydroxylation sites is 5. The fraction of sp³-hybridized carbons (Fsp3) is 0.140. The van der Waals surface area contributed by atoms with Gasteiger partial charge in [0.05, 0.1) is 0 Å². The molecule has 0 saturated heterocycles. The minimum atomic E-state index is -0.589. The molecule has 3 heterocycles. The van der Waals surface area contributed by atoms with Gasteiger partial charge in [-0.15, -0.1) is 0 Å². The number of imidazole rings is 1. The molecule has 0 radical (unpaired) electrons. The van der Waals surface area contributed by atoms with Crippen molar-refractivity contribution in [3.8, 4) is 11.5 Å². The van der Waals surface area contributed by atoms with E-state index >= 15 is 0 Å². The number of fused-ring (bicyclic) bond motifs is 4. The van der Waals surface area contributed by atoms with E-state index in [1.54, 1.807) is 0 Å². The van der Waals surface area contributed by atoms with Gasteiger partial charge in [-0.3, -0.25) is 0 Å². The van der Waals surface area contributed by atoms with Gasteiger partial charge in [0.25, 0.3) is 0 Å². The molecule has 0 aliphatic carbocycles. The summed E-state index contributed by atoms with van der Waals surface area (Å²) in [7, 11) is 2.10. The van der Waals surface area contributed by atoms with Crippen molar-refractivity contribution in [1.29, 1.82) is 0 Å². The molecule has 2 aliphatic rings. The quantitative estimate of drug-likeness (QED) is 0.163. The van der Waals surface area contributed by atoms with Crippen molar-refractivity contribution in [3.63, 3.8) is 0 Å². The molecule has 0 fully saturated rings. The maximum absolute atomic E-state index is 6.68. The normalized spacial score (nSPS) is 13.7.